The fraction of sp³-hybridized carbons (Fsp3) is 0.812. The zero-order valence-electron chi connectivity index (χ0n) is 13.9. The van der Waals surface area contributed by atoms with Gasteiger partial charge in [-0.05, 0) is 44.5 Å². The van der Waals surface area contributed by atoms with Gasteiger partial charge in [0.1, 0.15) is 0 Å². The Morgan fingerprint density at radius 1 is 1.35 bits per heavy atom. The van der Waals surface area contributed by atoms with Crippen LogP contribution in [-0.4, -0.2) is 63.0 Å². The minimum absolute atomic E-state index is 0.0498. The molecule has 0 spiro atoms. The van der Waals surface area contributed by atoms with Gasteiger partial charge in [-0.1, -0.05) is 18.6 Å². The summed E-state index contributed by atoms with van der Waals surface area (Å²) in [6, 6.07) is 0.373. The Balaban J connectivity index is 1.65. The van der Waals surface area contributed by atoms with Crippen molar-refractivity contribution in [3.63, 3.8) is 0 Å². The monoisotopic (exact) mass is 337 g/mol. The second-order valence-electron chi connectivity index (χ2n) is 6.39. The summed E-state index contributed by atoms with van der Waals surface area (Å²) < 4.78 is 1.89. The molecule has 23 heavy (non-hydrogen) atoms. The standard InChI is InChI=1S/C16H27N5OS/c1-2-23-14-5-3-4-10-20(11-14)16(22)15-12-21(19-18-15)13-6-8-17-9-7-13/h12-14,17H,2-11H2,1H3. The van der Waals surface area contributed by atoms with E-state index in [4.69, 9.17) is 0 Å². The molecule has 0 aliphatic carbocycles. The fourth-order valence-electron chi connectivity index (χ4n) is 3.45. The number of amides is 1. The number of piperidine rings is 1. The zero-order valence-corrected chi connectivity index (χ0v) is 14.7. The molecule has 2 saturated heterocycles. The molecular weight excluding hydrogens is 310 g/mol. The van der Waals surface area contributed by atoms with Crippen molar-refractivity contribution in [2.24, 2.45) is 0 Å². The molecule has 0 saturated carbocycles. The van der Waals surface area contributed by atoms with Crippen molar-refractivity contribution < 1.29 is 4.79 Å². The average Bonchev–Trinajstić information content (AvgIpc) is 2.96. The van der Waals surface area contributed by atoms with Crippen LogP contribution in [0.25, 0.3) is 0 Å². The highest BCUT2D eigenvalue weighted by Gasteiger charge is 2.26. The lowest BCUT2D eigenvalue weighted by atomic mass is 10.1. The predicted molar refractivity (Wildman–Crippen MR) is 92.8 cm³/mol. The number of hydrogen-bond donors (Lipinski definition) is 1. The lowest BCUT2D eigenvalue weighted by Crippen LogP contribution is -2.36. The second-order valence-corrected chi connectivity index (χ2v) is 7.97. The number of likely N-dealkylation sites (tertiary alicyclic amines) is 1. The number of carbonyl (C=O) groups excluding carboxylic acids is 1. The molecule has 3 rings (SSSR count). The normalized spacial score (nSPS) is 23.7. The van der Waals surface area contributed by atoms with E-state index in [1.54, 1.807) is 0 Å². The van der Waals surface area contributed by atoms with Crippen LogP contribution in [0.4, 0.5) is 0 Å². The summed E-state index contributed by atoms with van der Waals surface area (Å²) in [4.78, 5) is 14.8. The fourth-order valence-corrected chi connectivity index (χ4v) is 4.54. The van der Waals surface area contributed by atoms with Crippen molar-refractivity contribution in [3.8, 4) is 0 Å². The van der Waals surface area contributed by atoms with Crippen LogP contribution in [0.2, 0.25) is 0 Å². The number of rotatable bonds is 4. The minimum atomic E-state index is 0.0498. The van der Waals surface area contributed by atoms with Gasteiger partial charge in [0.05, 0.1) is 12.2 Å². The quantitative estimate of drug-likeness (QED) is 0.910. The van der Waals surface area contributed by atoms with E-state index < -0.39 is 0 Å². The molecule has 2 aliphatic rings. The first kappa shape index (κ1) is 16.8. The third kappa shape index (κ3) is 4.26. The summed E-state index contributed by atoms with van der Waals surface area (Å²) in [7, 11) is 0. The topological polar surface area (TPSA) is 63.1 Å². The first-order chi connectivity index (χ1) is 11.3. The van der Waals surface area contributed by atoms with Gasteiger partial charge in [0.2, 0.25) is 0 Å². The Morgan fingerprint density at radius 2 is 2.17 bits per heavy atom. The molecule has 1 aromatic rings. The third-order valence-corrected chi connectivity index (χ3v) is 5.92. The van der Waals surface area contributed by atoms with E-state index in [2.05, 4.69) is 22.6 Å². The van der Waals surface area contributed by atoms with E-state index in [0.717, 1.165) is 51.2 Å². The van der Waals surface area contributed by atoms with Gasteiger partial charge in [0, 0.05) is 18.3 Å². The van der Waals surface area contributed by atoms with Gasteiger partial charge in [0.15, 0.2) is 5.69 Å². The summed E-state index contributed by atoms with van der Waals surface area (Å²) >= 11 is 1.97. The molecule has 1 unspecified atom stereocenters. The second kappa shape index (κ2) is 8.15. The van der Waals surface area contributed by atoms with Crippen LogP contribution in [0.3, 0.4) is 0 Å². The van der Waals surface area contributed by atoms with Crippen molar-refractivity contribution in [2.75, 3.05) is 31.9 Å². The molecule has 1 aromatic heterocycles. The predicted octanol–water partition coefficient (Wildman–Crippen LogP) is 1.95. The number of aromatic nitrogens is 3. The van der Waals surface area contributed by atoms with Gasteiger partial charge < -0.3 is 10.2 Å². The van der Waals surface area contributed by atoms with E-state index >= 15 is 0 Å². The third-order valence-electron chi connectivity index (χ3n) is 4.73. The van der Waals surface area contributed by atoms with Crippen LogP contribution in [-0.2, 0) is 0 Å². The molecule has 3 heterocycles. The molecular formula is C16H27N5OS. The number of carbonyl (C=O) groups is 1. The molecule has 2 fully saturated rings. The molecule has 1 atom stereocenters. The molecule has 0 radical (unpaired) electrons. The molecule has 128 valence electrons. The van der Waals surface area contributed by atoms with Crippen molar-refractivity contribution in [1.29, 1.82) is 0 Å². The highest BCUT2D eigenvalue weighted by atomic mass is 32.2. The van der Waals surface area contributed by atoms with Gasteiger partial charge in [-0.15, -0.1) is 5.10 Å². The largest absolute Gasteiger partial charge is 0.336 e. The zero-order chi connectivity index (χ0) is 16.1. The smallest absolute Gasteiger partial charge is 0.276 e. The van der Waals surface area contributed by atoms with Crippen LogP contribution in [0.15, 0.2) is 6.20 Å². The van der Waals surface area contributed by atoms with Gasteiger partial charge in [-0.2, -0.15) is 11.8 Å². The van der Waals surface area contributed by atoms with Crippen molar-refractivity contribution in [1.82, 2.24) is 25.2 Å². The highest BCUT2D eigenvalue weighted by molar-refractivity contribution is 7.99. The summed E-state index contributed by atoms with van der Waals surface area (Å²) in [5, 5.41) is 12.3. The lowest BCUT2D eigenvalue weighted by Gasteiger charge is -2.23. The molecule has 7 heteroatoms. The molecule has 2 aliphatic heterocycles. The van der Waals surface area contributed by atoms with Gasteiger partial charge in [-0.3, -0.25) is 4.79 Å². The SMILES string of the molecule is CCSC1CCCCN(C(=O)c2cn(C3CCNCC3)nn2)C1. The Hall–Kier alpha value is -1.08. The molecule has 1 N–H and O–H groups in total. The number of nitrogens with one attached hydrogen (secondary N) is 1. The van der Waals surface area contributed by atoms with E-state index in [1.807, 2.05) is 27.5 Å². The van der Waals surface area contributed by atoms with Crippen LogP contribution in [0.5, 0.6) is 0 Å². The van der Waals surface area contributed by atoms with E-state index in [1.165, 1.54) is 12.8 Å². The lowest BCUT2D eigenvalue weighted by molar-refractivity contribution is 0.0757. The van der Waals surface area contributed by atoms with Crippen molar-refractivity contribution >= 4 is 17.7 Å². The summed E-state index contributed by atoms with van der Waals surface area (Å²) in [6.45, 7) is 5.90. The average molecular weight is 337 g/mol. The van der Waals surface area contributed by atoms with Crippen molar-refractivity contribution in [3.05, 3.63) is 11.9 Å². The summed E-state index contributed by atoms with van der Waals surface area (Å²) in [5.41, 5.74) is 0.505. The maximum Gasteiger partial charge on any atom is 0.276 e. The molecule has 0 aromatic carbocycles. The van der Waals surface area contributed by atoms with Gasteiger partial charge in [-0.25, -0.2) is 4.68 Å². The van der Waals surface area contributed by atoms with Gasteiger partial charge in [0.25, 0.3) is 5.91 Å². The van der Waals surface area contributed by atoms with Crippen molar-refractivity contribution in [2.45, 2.75) is 50.3 Å². The van der Waals surface area contributed by atoms with Crippen LogP contribution >= 0.6 is 11.8 Å². The Morgan fingerprint density at radius 3 is 2.96 bits per heavy atom. The molecule has 0 bridgehead atoms. The summed E-state index contributed by atoms with van der Waals surface area (Å²) in [5.74, 6) is 1.16. The summed E-state index contributed by atoms with van der Waals surface area (Å²) in [6.07, 6.45) is 7.47. The number of hydrogen-bond acceptors (Lipinski definition) is 5. The number of nitrogens with zero attached hydrogens (tertiary/aromatic N) is 4. The Bertz CT molecular complexity index is 514. The highest BCUT2D eigenvalue weighted by Crippen LogP contribution is 2.23. The van der Waals surface area contributed by atoms with Crippen LogP contribution in [0.1, 0.15) is 55.6 Å². The molecule has 1 amide bonds. The maximum atomic E-state index is 12.8. The number of thioether (sulfide) groups is 1. The maximum absolute atomic E-state index is 12.8. The van der Waals surface area contributed by atoms with Gasteiger partial charge >= 0.3 is 0 Å². The van der Waals surface area contributed by atoms with Crippen LogP contribution in [0, 0.1) is 0 Å². The Kier molecular flexibility index (Phi) is 5.94. The first-order valence-electron chi connectivity index (χ1n) is 8.81. The van der Waals surface area contributed by atoms with Crippen LogP contribution < -0.4 is 5.32 Å². The van der Waals surface area contributed by atoms with E-state index in [0.29, 0.717) is 17.0 Å². The molecule has 6 nitrogen and oxygen atoms in total. The minimum Gasteiger partial charge on any atom is -0.336 e. The Labute approximate surface area is 142 Å². The van der Waals surface area contributed by atoms with E-state index in [-0.39, 0.29) is 5.91 Å². The first-order valence-corrected chi connectivity index (χ1v) is 9.86. The van der Waals surface area contributed by atoms with E-state index in [9.17, 15) is 4.79 Å².